The van der Waals surface area contributed by atoms with Crippen molar-refractivity contribution >= 4 is 21.4 Å². The SMILES string of the molecule is NCCc1ccc(S(=O)(=O)N(CCO)C2CC2)s1. The van der Waals surface area contributed by atoms with Gasteiger partial charge in [-0.3, -0.25) is 0 Å². The molecule has 7 heteroatoms. The van der Waals surface area contributed by atoms with Crippen LogP contribution in [-0.4, -0.2) is 43.6 Å². The van der Waals surface area contributed by atoms with Crippen LogP contribution in [-0.2, 0) is 16.4 Å². The van der Waals surface area contributed by atoms with Gasteiger partial charge in [-0.1, -0.05) is 0 Å². The van der Waals surface area contributed by atoms with Crippen LogP contribution in [0.5, 0.6) is 0 Å². The third kappa shape index (κ3) is 2.92. The molecule has 0 unspecified atom stereocenters. The average Bonchev–Trinajstić information content (AvgIpc) is 3.05. The summed E-state index contributed by atoms with van der Waals surface area (Å²) in [5.74, 6) is 0. The van der Waals surface area contributed by atoms with Gasteiger partial charge in [-0.15, -0.1) is 11.3 Å². The second-order valence-corrected chi connectivity index (χ2v) is 7.62. The molecule has 3 N–H and O–H groups in total. The normalized spacial score (nSPS) is 16.4. The van der Waals surface area contributed by atoms with Crippen molar-refractivity contribution < 1.29 is 13.5 Å². The Labute approximate surface area is 111 Å². The van der Waals surface area contributed by atoms with Crippen molar-refractivity contribution in [2.75, 3.05) is 19.7 Å². The van der Waals surface area contributed by atoms with Crippen molar-refractivity contribution in [2.24, 2.45) is 5.73 Å². The molecule has 0 radical (unpaired) electrons. The van der Waals surface area contributed by atoms with E-state index in [4.69, 9.17) is 10.8 Å². The van der Waals surface area contributed by atoms with E-state index >= 15 is 0 Å². The molecular weight excluding hydrogens is 272 g/mol. The zero-order valence-corrected chi connectivity index (χ0v) is 11.7. The number of nitrogens with two attached hydrogens (primary N) is 1. The zero-order valence-electron chi connectivity index (χ0n) is 10.1. The summed E-state index contributed by atoms with van der Waals surface area (Å²) in [7, 11) is -3.45. The first kappa shape index (κ1) is 14.0. The Morgan fingerprint density at radius 2 is 2.17 bits per heavy atom. The summed E-state index contributed by atoms with van der Waals surface area (Å²) in [6.45, 7) is 0.552. The highest BCUT2D eigenvalue weighted by atomic mass is 32.2. The van der Waals surface area contributed by atoms with E-state index in [2.05, 4.69) is 0 Å². The van der Waals surface area contributed by atoms with Crippen LogP contribution in [0.4, 0.5) is 0 Å². The lowest BCUT2D eigenvalue weighted by atomic mass is 10.3. The Hall–Kier alpha value is -0.470. The Bertz CT molecular complexity index is 494. The zero-order chi connectivity index (χ0) is 13.2. The van der Waals surface area contributed by atoms with Gasteiger partial charge in [-0.2, -0.15) is 4.31 Å². The minimum absolute atomic E-state index is 0.0715. The lowest BCUT2D eigenvalue weighted by Crippen LogP contribution is -2.35. The lowest BCUT2D eigenvalue weighted by Gasteiger charge is -2.19. The van der Waals surface area contributed by atoms with E-state index in [0.717, 1.165) is 17.7 Å². The van der Waals surface area contributed by atoms with Crippen LogP contribution in [0, 0.1) is 0 Å². The number of nitrogens with zero attached hydrogens (tertiary/aromatic N) is 1. The number of hydrogen-bond donors (Lipinski definition) is 2. The topological polar surface area (TPSA) is 83.6 Å². The predicted octanol–water partition coefficient (Wildman–Crippen LogP) is 0.395. The number of aliphatic hydroxyl groups is 1. The summed E-state index contributed by atoms with van der Waals surface area (Å²) < 4.78 is 26.6. The van der Waals surface area contributed by atoms with E-state index in [1.54, 1.807) is 6.07 Å². The fourth-order valence-electron chi connectivity index (χ4n) is 1.85. The molecule has 0 amide bonds. The van der Waals surface area contributed by atoms with Gasteiger partial charge < -0.3 is 10.8 Å². The molecule has 102 valence electrons. The molecule has 1 heterocycles. The maximum atomic E-state index is 12.4. The minimum Gasteiger partial charge on any atom is -0.395 e. The van der Waals surface area contributed by atoms with Crippen molar-refractivity contribution in [1.82, 2.24) is 4.31 Å². The first-order valence-electron chi connectivity index (χ1n) is 6.01. The summed E-state index contributed by atoms with van der Waals surface area (Å²) in [5.41, 5.74) is 5.46. The van der Waals surface area contributed by atoms with E-state index in [1.165, 1.54) is 15.6 Å². The van der Waals surface area contributed by atoms with E-state index in [0.29, 0.717) is 17.2 Å². The fourth-order valence-corrected chi connectivity index (χ4v) is 5.03. The molecule has 18 heavy (non-hydrogen) atoms. The standard InChI is InChI=1S/C11H18N2O3S2/c12-6-5-10-3-4-11(17-10)18(15,16)13(7-8-14)9-1-2-9/h3-4,9,14H,1-2,5-8,12H2. The van der Waals surface area contributed by atoms with E-state index in [9.17, 15) is 8.42 Å². The average molecular weight is 290 g/mol. The second kappa shape index (κ2) is 5.66. The molecule has 0 aliphatic heterocycles. The van der Waals surface area contributed by atoms with Gasteiger partial charge in [0.2, 0.25) is 0 Å². The van der Waals surface area contributed by atoms with Gasteiger partial charge in [-0.05, 0) is 37.9 Å². The van der Waals surface area contributed by atoms with Crippen molar-refractivity contribution in [1.29, 1.82) is 0 Å². The summed E-state index contributed by atoms with van der Waals surface area (Å²) in [5, 5.41) is 8.99. The second-order valence-electron chi connectivity index (χ2n) is 4.33. The maximum absolute atomic E-state index is 12.4. The van der Waals surface area contributed by atoms with Crippen LogP contribution in [0.1, 0.15) is 17.7 Å². The molecular formula is C11H18N2O3S2. The summed E-state index contributed by atoms with van der Waals surface area (Å²) in [6.07, 6.45) is 2.48. The molecule has 1 aliphatic rings. The summed E-state index contributed by atoms with van der Waals surface area (Å²) in [6, 6.07) is 3.52. The van der Waals surface area contributed by atoms with E-state index in [-0.39, 0.29) is 19.2 Å². The molecule has 0 spiro atoms. The molecule has 1 saturated carbocycles. The van der Waals surface area contributed by atoms with Crippen molar-refractivity contribution in [3.8, 4) is 0 Å². The smallest absolute Gasteiger partial charge is 0.252 e. The van der Waals surface area contributed by atoms with Gasteiger partial charge in [0.25, 0.3) is 10.0 Å². The molecule has 1 aliphatic carbocycles. The van der Waals surface area contributed by atoms with Gasteiger partial charge in [0.1, 0.15) is 4.21 Å². The number of hydrogen-bond acceptors (Lipinski definition) is 5. The van der Waals surface area contributed by atoms with Crippen LogP contribution in [0.15, 0.2) is 16.3 Å². The molecule has 1 aromatic rings. The molecule has 1 fully saturated rings. The molecule has 0 saturated heterocycles. The molecule has 2 rings (SSSR count). The van der Waals surface area contributed by atoms with Crippen LogP contribution in [0.25, 0.3) is 0 Å². The van der Waals surface area contributed by atoms with Crippen LogP contribution < -0.4 is 5.73 Å². The van der Waals surface area contributed by atoms with Gasteiger partial charge in [-0.25, -0.2) is 8.42 Å². The van der Waals surface area contributed by atoms with Crippen LogP contribution in [0.2, 0.25) is 0 Å². The van der Waals surface area contributed by atoms with Gasteiger partial charge in [0.15, 0.2) is 0 Å². The lowest BCUT2D eigenvalue weighted by molar-refractivity contribution is 0.250. The molecule has 0 aromatic carbocycles. The van der Waals surface area contributed by atoms with E-state index in [1.807, 2.05) is 6.07 Å². The minimum atomic E-state index is -3.45. The highest BCUT2D eigenvalue weighted by Crippen LogP contribution is 2.34. The Balaban J connectivity index is 2.21. The third-order valence-electron chi connectivity index (χ3n) is 2.87. The Morgan fingerprint density at radius 3 is 2.72 bits per heavy atom. The van der Waals surface area contributed by atoms with Crippen molar-refractivity contribution in [3.05, 3.63) is 17.0 Å². The predicted molar refractivity (Wildman–Crippen MR) is 71.1 cm³/mol. The number of sulfonamides is 1. The maximum Gasteiger partial charge on any atom is 0.252 e. The summed E-state index contributed by atoms with van der Waals surface area (Å²) >= 11 is 1.27. The van der Waals surface area contributed by atoms with Crippen molar-refractivity contribution in [3.63, 3.8) is 0 Å². The fraction of sp³-hybridized carbons (Fsp3) is 0.636. The van der Waals surface area contributed by atoms with Gasteiger partial charge >= 0.3 is 0 Å². The Kier molecular flexibility index (Phi) is 4.39. The highest BCUT2D eigenvalue weighted by molar-refractivity contribution is 7.91. The Morgan fingerprint density at radius 1 is 1.44 bits per heavy atom. The van der Waals surface area contributed by atoms with Gasteiger partial charge in [0, 0.05) is 17.5 Å². The largest absolute Gasteiger partial charge is 0.395 e. The van der Waals surface area contributed by atoms with E-state index < -0.39 is 10.0 Å². The third-order valence-corrected chi connectivity index (χ3v) is 6.43. The highest BCUT2D eigenvalue weighted by Gasteiger charge is 2.38. The monoisotopic (exact) mass is 290 g/mol. The summed E-state index contributed by atoms with van der Waals surface area (Å²) in [4.78, 5) is 0.982. The van der Waals surface area contributed by atoms with Crippen LogP contribution in [0.3, 0.4) is 0 Å². The molecule has 0 atom stereocenters. The quantitative estimate of drug-likeness (QED) is 0.761. The van der Waals surface area contributed by atoms with Crippen LogP contribution >= 0.6 is 11.3 Å². The van der Waals surface area contributed by atoms with Crippen molar-refractivity contribution in [2.45, 2.75) is 29.5 Å². The first-order chi connectivity index (χ1) is 8.59. The molecule has 5 nitrogen and oxygen atoms in total. The molecule has 1 aromatic heterocycles. The number of rotatable bonds is 7. The van der Waals surface area contributed by atoms with Gasteiger partial charge in [0.05, 0.1) is 6.61 Å². The number of aliphatic hydroxyl groups excluding tert-OH is 1. The molecule has 0 bridgehead atoms. The number of thiophene rings is 1. The first-order valence-corrected chi connectivity index (χ1v) is 8.26.